The van der Waals surface area contributed by atoms with Crippen LogP contribution in [0.15, 0.2) is 10.2 Å². The maximum Gasteiger partial charge on any atom is 0.226 e. The van der Waals surface area contributed by atoms with Crippen molar-refractivity contribution in [1.29, 1.82) is 5.26 Å². The molecular weight excluding hydrogens is 130 g/mol. The van der Waals surface area contributed by atoms with Crippen LogP contribution in [0.3, 0.4) is 0 Å². The highest BCUT2D eigenvalue weighted by Gasteiger charge is 1.73. The van der Waals surface area contributed by atoms with E-state index in [4.69, 9.17) is 5.26 Å². The van der Waals surface area contributed by atoms with Gasteiger partial charge < -0.3 is 0 Å². The van der Waals surface area contributed by atoms with Crippen LogP contribution in [0.5, 0.6) is 0 Å². The van der Waals surface area contributed by atoms with Crippen LogP contribution in [-0.4, -0.2) is 4.32 Å². The summed E-state index contributed by atoms with van der Waals surface area (Å²) in [5, 5.41) is 13.7. The van der Waals surface area contributed by atoms with Gasteiger partial charge in [-0.15, -0.1) is 17.7 Å². The Kier molecular flexibility index (Phi) is 3.46. The molecule has 0 saturated carbocycles. The molecule has 0 N–H and O–H groups in total. The van der Waals surface area contributed by atoms with Crippen molar-refractivity contribution in [1.82, 2.24) is 0 Å². The third kappa shape index (κ3) is 5.53. The van der Waals surface area contributed by atoms with Crippen molar-refractivity contribution in [3.63, 3.8) is 0 Å². The van der Waals surface area contributed by atoms with Gasteiger partial charge in [0, 0.05) is 0 Å². The van der Waals surface area contributed by atoms with Crippen LogP contribution in [0.1, 0.15) is 0 Å². The maximum absolute atomic E-state index is 7.71. The van der Waals surface area contributed by atoms with Crippen LogP contribution in [-0.2, 0) is 0 Å². The fraction of sp³-hybridized carbons (Fsp3) is 0. The smallest absolute Gasteiger partial charge is 0.169 e. The van der Waals surface area contributed by atoms with Gasteiger partial charge in [-0.05, 0) is 12.2 Å². The predicted octanol–water partition coefficient (Wildman–Crippen LogP) is 1.13. The highest BCUT2D eigenvalue weighted by atomic mass is 32.1. The average molecular weight is 131 g/mol. The summed E-state index contributed by atoms with van der Waals surface area (Å²) >= 11 is 7.87. The molecule has 0 rings (SSSR count). The lowest BCUT2D eigenvalue weighted by Crippen LogP contribution is -1.65. The Hall–Kier alpha value is -0.470. The standard InChI is InChI=1S/C2HN3S2/c3-1-4-5-2(6)7/h(H,6,7)/b5-4+. The number of hydrogen-bond acceptors (Lipinski definition) is 3. The van der Waals surface area contributed by atoms with Gasteiger partial charge in [0.25, 0.3) is 0 Å². The largest absolute Gasteiger partial charge is 0.226 e. The van der Waals surface area contributed by atoms with Gasteiger partial charge >= 0.3 is 0 Å². The molecule has 0 atom stereocenters. The van der Waals surface area contributed by atoms with E-state index in [9.17, 15) is 0 Å². The maximum atomic E-state index is 7.71. The van der Waals surface area contributed by atoms with Crippen molar-refractivity contribution in [3.8, 4) is 6.19 Å². The minimum Gasteiger partial charge on any atom is -0.169 e. The van der Waals surface area contributed by atoms with Gasteiger partial charge in [0.1, 0.15) is 0 Å². The SMILES string of the molecule is N#C/N=N/C(=S)S. The molecule has 0 saturated heterocycles. The van der Waals surface area contributed by atoms with Crippen LogP contribution in [0.25, 0.3) is 0 Å². The summed E-state index contributed by atoms with van der Waals surface area (Å²) in [6.45, 7) is 0. The zero-order valence-corrected chi connectivity index (χ0v) is 4.91. The van der Waals surface area contributed by atoms with E-state index in [1.807, 2.05) is 0 Å². The molecule has 7 heavy (non-hydrogen) atoms. The number of rotatable bonds is 0. The summed E-state index contributed by atoms with van der Waals surface area (Å²) in [6.07, 6.45) is 1.42. The summed E-state index contributed by atoms with van der Waals surface area (Å²) < 4.78 is 0.0709. The Bertz CT molecular complexity index is 132. The number of nitrogens with zero attached hydrogens (tertiary/aromatic N) is 3. The Morgan fingerprint density at radius 1 is 1.86 bits per heavy atom. The predicted molar refractivity (Wildman–Crippen MR) is 32.1 cm³/mol. The fourth-order valence-corrected chi connectivity index (χ4v) is 0.151. The molecular formula is C2HN3S2. The topological polar surface area (TPSA) is 48.5 Å². The number of azo groups is 1. The molecule has 0 aromatic rings. The fourth-order valence-electron chi connectivity index (χ4n) is 0.0651. The van der Waals surface area contributed by atoms with E-state index in [1.54, 1.807) is 0 Å². The van der Waals surface area contributed by atoms with Gasteiger partial charge in [-0.25, -0.2) is 0 Å². The number of hydrogen-bond donors (Lipinski definition) is 1. The van der Waals surface area contributed by atoms with Crippen molar-refractivity contribution < 1.29 is 0 Å². The molecule has 0 fully saturated rings. The number of nitriles is 1. The molecule has 0 amide bonds. The van der Waals surface area contributed by atoms with Crippen LogP contribution in [0.4, 0.5) is 0 Å². The number of thiocarbonyl (C=S) groups is 1. The Labute approximate surface area is 51.5 Å². The third-order valence-electron chi connectivity index (χ3n) is 0.180. The van der Waals surface area contributed by atoms with E-state index in [2.05, 4.69) is 35.1 Å². The van der Waals surface area contributed by atoms with Crippen LogP contribution >= 0.6 is 24.8 Å². The zero-order chi connectivity index (χ0) is 5.70. The van der Waals surface area contributed by atoms with E-state index in [1.165, 1.54) is 6.19 Å². The third-order valence-corrected chi connectivity index (χ3v) is 0.351. The summed E-state index contributed by atoms with van der Waals surface area (Å²) in [4.78, 5) is 0. The Morgan fingerprint density at radius 2 is 2.43 bits per heavy atom. The molecule has 0 heterocycles. The molecule has 0 aliphatic carbocycles. The highest BCUT2D eigenvalue weighted by molar-refractivity contribution is 8.11. The monoisotopic (exact) mass is 131 g/mol. The molecule has 0 spiro atoms. The molecule has 0 aliphatic rings. The van der Waals surface area contributed by atoms with E-state index >= 15 is 0 Å². The molecule has 36 valence electrons. The molecule has 0 aliphatic heterocycles. The Morgan fingerprint density at radius 3 is 2.57 bits per heavy atom. The van der Waals surface area contributed by atoms with Crippen LogP contribution in [0.2, 0.25) is 0 Å². The zero-order valence-electron chi connectivity index (χ0n) is 3.20. The minimum absolute atomic E-state index is 0.0709. The van der Waals surface area contributed by atoms with E-state index in [0.717, 1.165) is 0 Å². The lowest BCUT2D eigenvalue weighted by molar-refractivity contribution is 1.29. The lowest BCUT2D eigenvalue weighted by Gasteiger charge is -1.69. The molecule has 5 heteroatoms. The molecule has 0 aromatic carbocycles. The van der Waals surface area contributed by atoms with Gasteiger partial charge in [0.15, 0.2) is 4.32 Å². The quantitative estimate of drug-likeness (QED) is 0.232. The van der Waals surface area contributed by atoms with E-state index in [-0.39, 0.29) is 4.32 Å². The van der Waals surface area contributed by atoms with E-state index in [0.29, 0.717) is 0 Å². The van der Waals surface area contributed by atoms with E-state index < -0.39 is 0 Å². The van der Waals surface area contributed by atoms with Gasteiger partial charge in [-0.1, -0.05) is 5.11 Å². The second kappa shape index (κ2) is 3.71. The van der Waals surface area contributed by atoms with Crippen molar-refractivity contribution in [3.05, 3.63) is 0 Å². The molecule has 0 radical (unpaired) electrons. The second-order valence-corrected chi connectivity index (χ2v) is 1.70. The summed E-state index contributed by atoms with van der Waals surface area (Å²) in [6, 6.07) is 0. The summed E-state index contributed by atoms with van der Waals surface area (Å²) in [5.41, 5.74) is 0. The molecule has 0 aromatic heterocycles. The Balaban J connectivity index is 3.53. The molecule has 0 unspecified atom stereocenters. The van der Waals surface area contributed by atoms with Gasteiger partial charge in [0.2, 0.25) is 6.19 Å². The van der Waals surface area contributed by atoms with Crippen molar-refractivity contribution in [2.75, 3.05) is 0 Å². The first-order valence-electron chi connectivity index (χ1n) is 1.30. The highest BCUT2D eigenvalue weighted by Crippen LogP contribution is 1.84. The van der Waals surface area contributed by atoms with Crippen molar-refractivity contribution in [2.24, 2.45) is 10.2 Å². The van der Waals surface area contributed by atoms with Crippen LogP contribution in [0, 0.1) is 11.5 Å². The first-order chi connectivity index (χ1) is 3.27. The first kappa shape index (κ1) is 6.53. The second-order valence-electron chi connectivity index (χ2n) is 0.583. The van der Waals surface area contributed by atoms with Gasteiger partial charge in [-0.3, -0.25) is 0 Å². The summed E-state index contributed by atoms with van der Waals surface area (Å²) in [7, 11) is 0. The summed E-state index contributed by atoms with van der Waals surface area (Å²) in [5.74, 6) is 0. The minimum atomic E-state index is 0.0709. The van der Waals surface area contributed by atoms with Gasteiger partial charge in [0.05, 0.1) is 0 Å². The number of thiol groups is 1. The molecule has 3 nitrogen and oxygen atoms in total. The van der Waals surface area contributed by atoms with Crippen molar-refractivity contribution >= 4 is 29.2 Å². The van der Waals surface area contributed by atoms with Gasteiger partial charge in [-0.2, -0.15) is 5.26 Å². The van der Waals surface area contributed by atoms with Crippen molar-refractivity contribution in [2.45, 2.75) is 0 Å². The van der Waals surface area contributed by atoms with Crippen LogP contribution < -0.4 is 0 Å². The normalized spacial score (nSPS) is 8.57. The average Bonchev–Trinajstić information content (AvgIpc) is 1.61. The lowest BCUT2D eigenvalue weighted by atomic mass is 11.4. The molecule has 0 bridgehead atoms. The first-order valence-corrected chi connectivity index (χ1v) is 2.15.